The van der Waals surface area contributed by atoms with Crippen LogP contribution in [0.4, 0.5) is 10.5 Å². The Morgan fingerprint density at radius 1 is 1.40 bits per heavy atom. The van der Waals surface area contributed by atoms with Crippen LogP contribution in [0.25, 0.3) is 0 Å². The molecule has 0 aromatic heterocycles. The van der Waals surface area contributed by atoms with Gasteiger partial charge in [0.05, 0.1) is 17.7 Å². The molecule has 0 saturated heterocycles. The number of amides is 2. The molecule has 2 amide bonds. The van der Waals surface area contributed by atoms with E-state index in [4.69, 9.17) is 10.5 Å². The second-order valence-corrected chi connectivity index (χ2v) is 2.66. The Hall–Kier alpha value is -2.53. The Labute approximate surface area is 86.9 Å². The van der Waals surface area contributed by atoms with E-state index >= 15 is 0 Å². The van der Waals surface area contributed by atoms with Gasteiger partial charge in [0.2, 0.25) is 0 Å². The molecule has 0 heterocycles. The lowest BCUT2D eigenvalue weighted by molar-refractivity contribution is 0.253. The third-order valence-corrected chi connectivity index (χ3v) is 1.58. The highest BCUT2D eigenvalue weighted by Gasteiger charge is 2.00. The monoisotopic (exact) mass is 200 g/mol. The highest BCUT2D eigenvalue weighted by atomic mass is 16.2. The van der Waals surface area contributed by atoms with Crippen LogP contribution in [0.1, 0.15) is 5.56 Å². The van der Waals surface area contributed by atoms with Gasteiger partial charge in [-0.25, -0.2) is 4.79 Å². The molecular formula is C10H8N4O. The molecule has 0 aliphatic carbocycles. The summed E-state index contributed by atoms with van der Waals surface area (Å²) in [4.78, 5) is 11.1. The van der Waals surface area contributed by atoms with Crippen molar-refractivity contribution >= 4 is 11.7 Å². The molecule has 0 unspecified atom stereocenters. The first kappa shape index (κ1) is 10.6. The Morgan fingerprint density at radius 3 is 2.87 bits per heavy atom. The van der Waals surface area contributed by atoms with E-state index in [1.807, 2.05) is 6.07 Å². The summed E-state index contributed by atoms with van der Waals surface area (Å²) in [6, 6.07) is 9.79. The van der Waals surface area contributed by atoms with E-state index < -0.39 is 6.03 Å². The summed E-state index contributed by atoms with van der Waals surface area (Å²) in [5, 5.41) is 21.7. The summed E-state index contributed by atoms with van der Waals surface area (Å²) >= 11 is 0. The molecule has 1 aromatic rings. The number of carbonyl (C=O) groups is 1. The van der Waals surface area contributed by atoms with Gasteiger partial charge in [-0.1, -0.05) is 6.07 Å². The van der Waals surface area contributed by atoms with Crippen LogP contribution >= 0.6 is 0 Å². The van der Waals surface area contributed by atoms with Gasteiger partial charge in [-0.15, -0.1) is 0 Å². The summed E-state index contributed by atoms with van der Waals surface area (Å²) in [5.74, 6) is 0. The minimum Gasteiger partial charge on any atom is -0.325 e. The van der Waals surface area contributed by atoms with Gasteiger partial charge in [-0.05, 0) is 18.2 Å². The van der Waals surface area contributed by atoms with Crippen molar-refractivity contribution in [1.29, 1.82) is 10.5 Å². The Morgan fingerprint density at radius 2 is 2.20 bits per heavy atom. The summed E-state index contributed by atoms with van der Waals surface area (Å²) in [6.07, 6.45) is 0. The lowest BCUT2D eigenvalue weighted by Crippen LogP contribution is -2.28. The van der Waals surface area contributed by atoms with Gasteiger partial charge in [-0.3, -0.25) is 0 Å². The van der Waals surface area contributed by atoms with Crippen molar-refractivity contribution in [3.05, 3.63) is 29.8 Å². The maximum atomic E-state index is 11.1. The molecular weight excluding hydrogens is 192 g/mol. The molecule has 0 atom stereocenters. The van der Waals surface area contributed by atoms with Gasteiger partial charge in [-0.2, -0.15) is 10.5 Å². The predicted octanol–water partition coefficient (Wildman–Crippen LogP) is 1.20. The molecule has 15 heavy (non-hydrogen) atoms. The van der Waals surface area contributed by atoms with Crippen LogP contribution in [0.3, 0.4) is 0 Å². The molecule has 0 spiro atoms. The average Bonchev–Trinajstić information content (AvgIpc) is 2.26. The van der Waals surface area contributed by atoms with E-state index in [2.05, 4.69) is 10.6 Å². The number of anilines is 1. The van der Waals surface area contributed by atoms with Gasteiger partial charge in [0.15, 0.2) is 0 Å². The van der Waals surface area contributed by atoms with Gasteiger partial charge >= 0.3 is 6.03 Å². The van der Waals surface area contributed by atoms with Crippen LogP contribution in [0.5, 0.6) is 0 Å². The lowest BCUT2D eigenvalue weighted by Gasteiger charge is -2.04. The van der Waals surface area contributed by atoms with E-state index in [1.165, 1.54) is 0 Å². The van der Waals surface area contributed by atoms with Crippen LogP contribution in [-0.4, -0.2) is 12.6 Å². The smallest absolute Gasteiger partial charge is 0.320 e. The van der Waals surface area contributed by atoms with Crippen LogP contribution < -0.4 is 10.6 Å². The van der Waals surface area contributed by atoms with E-state index in [-0.39, 0.29) is 6.54 Å². The average molecular weight is 200 g/mol. The van der Waals surface area contributed by atoms with Crippen molar-refractivity contribution in [3.63, 3.8) is 0 Å². The number of urea groups is 1. The molecule has 2 N–H and O–H groups in total. The normalized spacial score (nSPS) is 8.40. The van der Waals surface area contributed by atoms with Gasteiger partial charge in [0.25, 0.3) is 0 Å². The van der Waals surface area contributed by atoms with E-state index in [0.29, 0.717) is 11.3 Å². The Bertz CT molecular complexity index is 441. The zero-order valence-electron chi connectivity index (χ0n) is 7.82. The van der Waals surface area contributed by atoms with Crippen molar-refractivity contribution in [3.8, 4) is 12.1 Å². The maximum absolute atomic E-state index is 11.1. The number of hydrogen-bond donors (Lipinski definition) is 2. The van der Waals surface area contributed by atoms with E-state index in [9.17, 15) is 4.79 Å². The first-order chi connectivity index (χ1) is 7.26. The molecule has 0 radical (unpaired) electrons. The first-order valence-corrected chi connectivity index (χ1v) is 4.18. The van der Waals surface area contributed by atoms with Crippen LogP contribution in [0.15, 0.2) is 24.3 Å². The fourth-order valence-corrected chi connectivity index (χ4v) is 0.962. The molecule has 0 bridgehead atoms. The van der Waals surface area contributed by atoms with Gasteiger partial charge in [0.1, 0.15) is 6.54 Å². The fraction of sp³-hybridized carbons (Fsp3) is 0.100. The second-order valence-electron chi connectivity index (χ2n) is 2.66. The number of nitrogens with zero attached hydrogens (tertiary/aromatic N) is 2. The quantitative estimate of drug-likeness (QED) is 0.703. The van der Waals surface area contributed by atoms with Crippen LogP contribution in [0.2, 0.25) is 0 Å². The van der Waals surface area contributed by atoms with Crippen LogP contribution in [-0.2, 0) is 0 Å². The van der Waals surface area contributed by atoms with Crippen molar-refractivity contribution in [2.45, 2.75) is 0 Å². The topological polar surface area (TPSA) is 88.7 Å². The zero-order chi connectivity index (χ0) is 11.1. The molecule has 0 fully saturated rings. The van der Waals surface area contributed by atoms with Crippen molar-refractivity contribution in [2.24, 2.45) is 0 Å². The van der Waals surface area contributed by atoms with Gasteiger partial charge < -0.3 is 10.6 Å². The summed E-state index contributed by atoms with van der Waals surface area (Å²) < 4.78 is 0. The maximum Gasteiger partial charge on any atom is 0.320 e. The largest absolute Gasteiger partial charge is 0.325 e. The predicted molar refractivity (Wildman–Crippen MR) is 53.8 cm³/mol. The van der Waals surface area contributed by atoms with Crippen molar-refractivity contribution < 1.29 is 4.79 Å². The van der Waals surface area contributed by atoms with Crippen LogP contribution in [0, 0.1) is 22.7 Å². The Kier molecular flexibility index (Phi) is 3.70. The highest BCUT2D eigenvalue weighted by Crippen LogP contribution is 2.08. The van der Waals surface area contributed by atoms with Crippen molar-refractivity contribution in [1.82, 2.24) is 5.32 Å². The first-order valence-electron chi connectivity index (χ1n) is 4.18. The molecule has 0 aliphatic heterocycles. The third kappa shape index (κ3) is 3.37. The molecule has 74 valence electrons. The lowest BCUT2D eigenvalue weighted by atomic mass is 10.2. The van der Waals surface area contributed by atoms with E-state index in [1.54, 1.807) is 30.3 Å². The third-order valence-electron chi connectivity index (χ3n) is 1.58. The minimum atomic E-state index is -0.466. The number of carbonyl (C=O) groups excluding carboxylic acids is 1. The Balaban J connectivity index is 2.62. The summed E-state index contributed by atoms with van der Waals surface area (Å²) in [7, 11) is 0. The van der Waals surface area contributed by atoms with E-state index in [0.717, 1.165) is 0 Å². The highest BCUT2D eigenvalue weighted by molar-refractivity contribution is 5.89. The molecule has 1 aromatic carbocycles. The molecule has 0 saturated carbocycles. The SMILES string of the molecule is N#CCNC(=O)Nc1cccc(C#N)c1. The number of nitriles is 2. The summed E-state index contributed by atoms with van der Waals surface area (Å²) in [6.45, 7) is -0.0518. The molecule has 1 rings (SSSR count). The standard InChI is InChI=1S/C10H8N4O/c11-4-5-13-10(15)14-9-3-1-2-8(6-9)7-12/h1-3,6H,5H2,(H2,13,14,15). The molecule has 5 nitrogen and oxygen atoms in total. The summed E-state index contributed by atoms with van der Waals surface area (Å²) in [5.41, 5.74) is 0.984. The molecule has 0 aliphatic rings. The number of benzene rings is 1. The molecule has 5 heteroatoms. The second kappa shape index (κ2) is 5.25. The van der Waals surface area contributed by atoms with Crippen molar-refractivity contribution in [2.75, 3.05) is 11.9 Å². The number of nitrogens with one attached hydrogen (secondary N) is 2. The zero-order valence-corrected chi connectivity index (χ0v) is 7.82. The minimum absolute atomic E-state index is 0.0518. The fourth-order valence-electron chi connectivity index (χ4n) is 0.962. The number of hydrogen-bond acceptors (Lipinski definition) is 3. The number of rotatable bonds is 2. The van der Waals surface area contributed by atoms with Gasteiger partial charge in [0, 0.05) is 5.69 Å².